The van der Waals surface area contributed by atoms with Crippen LogP contribution in [0.25, 0.3) is 5.69 Å². The second kappa shape index (κ2) is 7.53. The van der Waals surface area contributed by atoms with E-state index in [1.54, 1.807) is 12.4 Å². The number of hydrogen-bond acceptors (Lipinski definition) is 6. The molecule has 134 valence electrons. The van der Waals surface area contributed by atoms with E-state index in [1.807, 2.05) is 47.3 Å². The Morgan fingerprint density at radius 2 is 2.00 bits per heavy atom. The van der Waals surface area contributed by atoms with E-state index in [4.69, 9.17) is 5.73 Å². The largest absolute Gasteiger partial charge is 0.350 e. The number of nitrogens with two attached hydrogens (primary N) is 1. The molecule has 2 heterocycles. The molecule has 1 aliphatic rings. The molecule has 0 amide bonds. The molecule has 1 aromatic carbocycles. The minimum atomic E-state index is 0.162. The molecule has 2 atom stereocenters. The normalized spacial score (nSPS) is 19.9. The van der Waals surface area contributed by atoms with Crippen molar-refractivity contribution in [3.05, 3.63) is 55.0 Å². The Kier molecular flexibility index (Phi) is 4.79. The Labute approximate surface area is 152 Å². The van der Waals surface area contributed by atoms with Gasteiger partial charge in [0, 0.05) is 36.4 Å². The van der Waals surface area contributed by atoms with Crippen LogP contribution in [0.5, 0.6) is 0 Å². The first-order valence-electron chi connectivity index (χ1n) is 9.00. The Balaban J connectivity index is 1.48. The van der Waals surface area contributed by atoms with E-state index >= 15 is 0 Å². The summed E-state index contributed by atoms with van der Waals surface area (Å²) < 4.78 is 1.82. The van der Waals surface area contributed by atoms with Crippen molar-refractivity contribution in [3.8, 4) is 5.69 Å². The van der Waals surface area contributed by atoms with Gasteiger partial charge in [0.1, 0.15) is 5.82 Å². The lowest BCUT2D eigenvalue weighted by Crippen LogP contribution is -2.42. The molecule has 1 saturated carbocycles. The first kappa shape index (κ1) is 16.5. The summed E-state index contributed by atoms with van der Waals surface area (Å²) in [7, 11) is 0. The highest BCUT2D eigenvalue weighted by Crippen LogP contribution is 2.21. The van der Waals surface area contributed by atoms with E-state index in [1.165, 1.54) is 12.8 Å². The van der Waals surface area contributed by atoms with Crippen molar-refractivity contribution in [1.29, 1.82) is 0 Å². The average Bonchev–Trinajstić information content (AvgIpc) is 3.19. The lowest BCUT2D eigenvalue weighted by molar-refractivity contribution is 0.402. The third-order valence-corrected chi connectivity index (χ3v) is 4.68. The highest BCUT2D eigenvalue weighted by atomic mass is 15.3. The topological polar surface area (TPSA) is 93.7 Å². The number of aromatic nitrogens is 4. The molecule has 0 saturated heterocycles. The number of nitrogens with zero attached hydrogens (tertiary/aromatic N) is 4. The van der Waals surface area contributed by atoms with Gasteiger partial charge in [-0.05, 0) is 43.2 Å². The van der Waals surface area contributed by atoms with E-state index in [0.717, 1.165) is 30.0 Å². The molecule has 2 aromatic heterocycles. The molecule has 3 aromatic rings. The minimum absolute atomic E-state index is 0.162. The zero-order valence-electron chi connectivity index (χ0n) is 14.5. The second-order valence-corrected chi connectivity index (χ2v) is 6.59. The maximum Gasteiger partial charge on any atom is 0.224 e. The van der Waals surface area contributed by atoms with Crippen molar-refractivity contribution >= 4 is 17.5 Å². The molecule has 1 aliphatic carbocycles. The molecule has 1 fully saturated rings. The van der Waals surface area contributed by atoms with E-state index < -0.39 is 0 Å². The molecule has 0 aliphatic heterocycles. The van der Waals surface area contributed by atoms with Crippen molar-refractivity contribution in [2.24, 2.45) is 5.73 Å². The molecule has 4 N–H and O–H groups in total. The summed E-state index contributed by atoms with van der Waals surface area (Å²) in [4.78, 5) is 8.91. The van der Waals surface area contributed by atoms with E-state index in [-0.39, 0.29) is 12.1 Å². The zero-order valence-corrected chi connectivity index (χ0v) is 14.5. The third kappa shape index (κ3) is 3.83. The summed E-state index contributed by atoms with van der Waals surface area (Å²) in [5, 5.41) is 11.0. The van der Waals surface area contributed by atoms with Gasteiger partial charge in [0.2, 0.25) is 5.95 Å². The zero-order chi connectivity index (χ0) is 17.8. The summed E-state index contributed by atoms with van der Waals surface area (Å²) in [5.41, 5.74) is 8.14. The molecule has 0 unspecified atom stereocenters. The minimum Gasteiger partial charge on any atom is -0.350 e. The van der Waals surface area contributed by atoms with Crippen LogP contribution in [-0.2, 0) is 0 Å². The van der Waals surface area contributed by atoms with Gasteiger partial charge >= 0.3 is 0 Å². The summed E-state index contributed by atoms with van der Waals surface area (Å²) in [5.74, 6) is 1.35. The molecule has 7 heteroatoms. The number of hydrogen-bond donors (Lipinski definition) is 3. The predicted molar refractivity (Wildman–Crippen MR) is 103 cm³/mol. The van der Waals surface area contributed by atoms with Crippen LogP contribution in [0.3, 0.4) is 0 Å². The molecular formula is C19H23N7. The molecule has 7 nitrogen and oxygen atoms in total. The standard InChI is InChI=1S/C19H23N7/c20-16-7-1-2-8-17(16)24-19-21-11-9-18(25-19)23-14-5-3-6-15(13-14)26-12-4-10-22-26/h3-6,9-13,16-17H,1-2,7-8,20H2,(H2,21,23,24,25)/t16-,17+/m0/s1. The summed E-state index contributed by atoms with van der Waals surface area (Å²) in [6.07, 6.45) is 9.95. The van der Waals surface area contributed by atoms with Crippen LogP contribution in [0.2, 0.25) is 0 Å². The van der Waals surface area contributed by atoms with Crippen LogP contribution in [0.15, 0.2) is 55.0 Å². The van der Waals surface area contributed by atoms with Crippen molar-refractivity contribution in [2.45, 2.75) is 37.8 Å². The van der Waals surface area contributed by atoms with E-state index in [2.05, 4.69) is 25.7 Å². The van der Waals surface area contributed by atoms with Crippen molar-refractivity contribution in [3.63, 3.8) is 0 Å². The Morgan fingerprint density at radius 3 is 2.85 bits per heavy atom. The maximum atomic E-state index is 6.21. The molecular weight excluding hydrogens is 326 g/mol. The predicted octanol–water partition coefficient (Wildman–Crippen LogP) is 3.09. The van der Waals surface area contributed by atoms with Crippen molar-refractivity contribution in [2.75, 3.05) is 10.6 Å². The summed E-state index contributed by atoms with van der Waals surface area (Å²) >= 11 is 0. The van der Waals surface area contributed by atoms with Crippen LogP contribution in [0.4, 0.5) is 17.5 Å². The van der Waals surface area contributed by atoms with Crippen LogP contribution in [0, 0.1) is 0 Å². The fourth-order valence-electron chi connectivity index (χ4n) is 3.30. The lowest BCUT2D eigenvalue weighted by atomic mass is 9.91. The first-order valence-corrected chi connectivity index (χ1v) is 9.00. The third-order valence-electron chi connectivity index (χ3n) is 4.68. The highest BCUT2D eigenvalue weighted by molar-refractivity contribution is 5.60. The lowest BCUT2D eigenvalue weighted by Gasteiger charge is -2.29. The van der Waals surface area contributed by atoms with Crippen molar-refractivity contribution < 1.29 is 0 Å². The Hall–Kier alpha value is -2.93. The molecule has 26 heavy (non-hydrogen) atoms. The molecule has 0 radical (unpaired) electrons. The Morgan fingerprint density at radius 1 is 1.08 bits per heavy atom. The fourth-order valence-corrected chi connectivity index (χ4v) is 3.30. The number of anilines is 3. The highest BCUT2D eigenvalue weighted by Gasteiger charge is 2.22. The molecule has 0 bridgehead atoms. The smallest absolute Gasteiger partial charge is 0.224 e. The van der Waals surface area contributed by atoms with Crippen LogP contribution in [-0.4, -0.2) is 31.8 Å². The second-order valence-electron chi connectivity index (χ2n) is 6.59. The monoisotopic (exact) mass is 349 g/mol. The summed E-state index contributed by atoms with van der Waals surface area (Å²) in [6, 6.07) is 12.2. The van der Waals surface area contributed by atoms with Gasteiger partial charge in [0.25, 0.3) is 0 Å². The van der Waals surface area contributed by atoms with Crippen LogP contribution < -0.4 is 16.4 Å². The van der Waals surface area contributed by atoms with Gasteiger partial charge in [0.15, 0.2) is 0 Å². The fraction of sp³-hybridized carbons (Fsp3) is 0.316. The van der Waals surface area contributed by atoms with E-state index in [0.29, 0.717) is 5.95 Å². The average molecular weight is 349 g/mol. The van der Waals surface area contributed by atoms with Gasteiger partial charge in [-0.1, -0.05) is 18.9 Å². The summed E-state index contributed by atoms with van der Waals surface area (Å²) in [6.45, 7) is 0. The van der Waals surface area contributed by atoms with Crippen LogP contribution >= 0.6 is 0 Å². The Bertz CT molecular complexity index is 847. The van der Waals surface area contributed by atoms with Crippen molar-refractivity contribution in [1.82, 2.24) is 19.7 Å². The quantitative estimate of drug-likeness (QED) is 0.655. The number of rotatable bonds is 5. The van der Waals surface area contributed by atoms with Gasteiger partial charge in [-0.25, -0.2) is 9.67 Å². The molecule has 0 spiro atoms. The van der Waals surface area contributed by atoms with Gasteiger partial charge in [-0.15, -0.1) is 0 Å². The first-order chi connectivity index (χ1) is 12.8. The van der Waals surface area contributed by atoms with Gasteiger partial charge < -0.3 is 16.4 Å². The van der Waals surface area contributed by atoms with Crippen LogP contribution in [0.1, 0.15) is 25.7 Å². The van der Waals surface area contributed by atoms with Gasteiger partial charge in [-0.2, -0.15) is 10.1 Å². The maximum absolute atomic E-state index is 6.21. The van der Waals surface area contributed by atoms with Gasteiger partial charge in [-0.3, -0.25) is 0 Å². The number of benzene rings is 1. The number of nitrogens with one attached hydrogen (secondary N) is 2. The molecule has 4 rings (SSSR count). The SMILES string of the molecule is N[C@H]1CCCC[C@H]1Nc1nccc(Nc2cccc(-n3cccn3)c2)n1. The van der Waals surface area contributed by atoms with Gasteiger partial charge in [0.05, 0.1) is 5.69 Å². The van der Waals surface area contributed by atoms with E-state index in [9.17, 15) is 0 Å².